The summed E-state index contributed by atoms with van der Waals surface area (Å²) in [6, 6.07) is 11.8. The van der Waals surface area contributed by atoms with Crippen molar-refractivity contribution < 1.29 is 27.6 Å². The number of halogens is 4. The molecule has 12 nitrogen and oxygen atoms in total. The minimum atomic E-state index is -4.64. The number of benzene rings is 2. The predicted octanol–water partition coefficient (Wildman–Crippen LogP) is 6.60. The zero-order valence-corrected chi connectivity index (χ0v) is 30.9. The number of anilines is 1. The quantitative estimate of drug-likeness (QED) is 0.178. The van der Waals surface area contributed by atoms with Crippen LogP contribution >= 0.6 is 11.6 Å². The van der Waals surface area contributed by atoms with Crippen molar-refractivity contribution in [2.24, 2.45) is 13.0 Å². The van der Waals surface area contributed by atoms with Gasteiger partial charge in [0.05, 0.1) is 27.6 Å². The van der Waals surface area contributed by atoms with Crippen molar-refractivity contribution >= 4 is 56.9 Å². The molecular weight excluding hydrogens is 737 g/mol. The fraction of sp³-hybridized carbons (Fsp3) is 0.436. The van der Waals surface area contributed by atoms with Gasteiger partial charge in [-0.2, -0.15) is 18.3 Å². The minimum absolute atomic E-state index is 0.177. The zero-order chi connectivity index (χ0) is 38.6. The number of carbonyl (C=O) groups is 3. The van der Waals surface area contributed by atoms with Gasteiger partial charge in [-0.15, -0.1) is 0 Å². The molecule has 1 atom stereocenters. The maximum Gasteiger partial charge on any atom is 0.433 e. The summed E-state index contributed by atoms with van der Waals surface area (Å²) in [5.41, 5.74) is 1.66. The first-order chi connectivity index (χ1) is 26.3. The first-order valence-electron chi connectivity index (χ1n) is 18.6. The number of fused-ring (bicyclic) bond motifs is 2. The number of alkyl halides is 3. The number of carbonyl (C=O) groups excluding carboxylic acids is 3. The van der Waals surface area contributed by atoms with Gasteiger partial charge in [0.15, 0.2) is 0 Å². The van der Waals surface area contributed by atoms with Gasteiger partial charge < -0.3 is 10.2 Å². The molecule has 1 aliphatic carbocycles. The van der Waals surface area contributed by atoms with E-state index in [0.29, 0.717) is 27.7 Å². The second-order valence-corrected chi connectivity index (χ2v) is 15.4. The van der Waals surface area contributed by atoms with Crippen molar-refractivity contribution in [3.63, 3.8) is 0 Å². The monoisotopic (exact) mass is 776 g/mol. The van der Waals surface area contributed by atoms with Crippen LogP contribution in [0.2, 0.25) is 5.02 Å². The Bertz CT molecular complexity index is 2370. The Morgan fingerprint density at radius 3 is 2.47 bits per heavy atom. The van der Waals surface area contributed by atoms with E-state index in [0.717, 1.165) is 86.8 Å². The van der Waals surface area contributed by atoms with E-state index in [-0.39, 0.29) is 42.1 Å². The number of nitrogens with one attached hydrogen (secondary N) is 2. The van der Waals surface area contributed by atoms with Gasteiger partial charge in [0.25, 0.3) is 5.91 Å². The second kappa shape index (κ2) is 14.6. The number of imidazole rings is 1. The maximum atomic E-state index is 13.3. The van der Waals surface area contributed by atoms with Gasteiger partial charge in [-0.1, -0.05) is 23.7 Å². The molecule has 1 unspecified atom stereocenters. The average molecular weight is 777 g/mol. The Labute approximate surface area is 318 Å². The minimum Gasteiger partial charge on any atom is -0.321 e. The van der Waals surface area contributed by atoms with Crippen molar-refractivity contribution in [3.8, 4) is 0 Å². The molecule has 3 fully saturated rings. The van der Waals surface area contributed by atoms with Crippen molar-refractivity contribution in [2.75, 3.05) is 25.0 Å². The Hall–Kier alpha value is -5.02. The van der Waals surface area contributed by atoms with Crippen molar-refractivity contribution in [2.45, 2.75) is 75.5 Å². The SMILES string of the molecule is Cn1c(=O)n(C2CCC(=O)NC2=O)c2ccc(C3CCN(CC4CCC(n5cc6cc(NC(=O)c7cccc(C(F)(F)F)n7)ccc6n5)CC4)CC3)c(Cl)c21. The molecule has 5 heterocycles. The van der Waals surface area contributed by atoms with Crippen LogP contribution in [-0.2, 0) is 22.8 Å². The molecule has 16 heteroatoms. The van der Waals surface area contributed by atoms with Gasteiger partial charge in [0.2, 0.25) is 11.8 Å². The third kappa shape index (κ3) is 7.27. The van der Waals surface area contributed by atoms with Crippen molar-refractivity contribution in [3.05, 3.63) is 87.2 Å². The largest absolute Gasteiger partial charge is 0.433 e. The molecule has 0 spiro atoms. The fourth-order valence-electron chi connectivity index (χ4n) is 8.60. The summed E-state index contributed by atoms with van der Waals surface area (Å²) in [6.07, 6.45) is 3.80. The number of pyridine rings is 1. The Balaban J connectivity index is 0.850. The number of amides is 3. The molecule has 288 valence electrons. The third-order valence-corrected chi connectivity index (χ3v) is 11.9. The lowest BCUT2D eigenvalue weighted by atomic mass is 9.84. The van der Waals surface area contributed by atoms with E-state index in [1.807, 2.05) is 23.0 Å². The topological polar surface area (TPSA) is 136 Å². The molecule has 2 aromatic carbocycles. The van der Waals surface area contributed by atoms with E-state index in [4.69, 9.17) is 16.7 Å². The molecule has 3 amide bonds. The van der Waals surface area contributed by atoms with Gasteiger partial charge in [-0.3, -0.25) is 33.5 Å². The summed E-state index contributed by atoms with van der Waals surface area (Å²) in [5.74, 6) is -0.704. The molecule has 0 radical (unpaired) electrons. The first-order valence-corrected chi connectivity index (χ1v) is 19.0. The van der Waals surface area contributed by atoms with E-state index in [1.165, 1.54) is 15.2 Å². The lowest BCUT2D eigenvalue weighted by Gasteiger charge is -2.37. The molecule has 2 N–H and O–H groups in total. The highest BCUT2D eigenvalue weighted by molar-refractivity contribution is 6.36. The number of aromatic nitrogens is 5. The summed E-state index contributed by atoms with van der Waals surface area (Å²) in [6.45, 7) is 2.92. The first kappa shape index (κ1) is 36.9. The van der Waals surface area contributed by atoms with Crippen LogP contribution in [0, 0.1) is 5.92 Å². The Morgan fingerprint density at radius 2 is 1.75 bits per heavy atom. The molecular formula is C39H40ClF3N8O4. The molecule has 3 aliphatic rings. The number of aryl methyl sites for hydroxylation is 1. The van der Waals surface area contributed by atoms with Crippen LogP contribution in [-0.4, -0.2) is 66.2 Å². The smallest absolute Gasteiger partial charge is 0.321 e. The van der Waals surface area contributed by atoms with Gasteiger partial charge in [0, 0.05) is 37.3 Å². The highest BCUT2D eigenvalue weighted by atomic mass is 35.5. The lowest BCUT2D eigenvalue weighted by molar-refractivity contribution is -0.141. The van der Waals surface area contributed by atoms with Crippen LogP contribution in [0.5, 0.6) is 0 Å². The van der Waals surface area contributed by atoms with E-state index in [2.05, 4.69) is 20.5 Å². The number of hydrogen-bond donors (Lipinski definition) is 2. The third-order valence-electron chi connectivity index (χ3n) is 11.5. The molecule has 8 rings (SSSR count). The number of hydrogen-bond acceptors (Lipinski definition) is 7. The van der Waals surface area contributed by atoms with Gasteiger partial charge in [-0.05, 0) is 112 Å². The van der Waals surface area contributed by atoms with E-state index in [9.17, 15) is 32.3 Å². The summed E-state index contributed by atoms with van der Waals surface area (Å²) in [4.78, 5) is 56.3. The van der Waals surface area contributed by atoms with Gasteiger partial charge in [-0.25, -0.2) is 9.78 Å². The van der Waals surface area contributed by atoms with Gasteiger partial charge in [0.1, 0.15) is 17.4 Å². The standard InChI is InChI=1S/C39H40ClF3N8O4/c1-48-35-30(51(38(48)55)31-13-14-33(52)46-37(31)54)12-10-27(34(35)40)23-15-17-49(18-16-23)20-22-5-8-26(9-6-22)50-21-24-19-25(7-11-28(24)47-50)44-36(53)29-3-2-4-32(45-29)39(41,42)43/h2-4,7,10-12,19,21-23,26,31H,5-6,8-9,13-18,20H2,1H3,(H,44,53)(H,46,52,54). The van der Waals surface area contributed by atoms with E-state index >= 15 is 0 Å². The van der Waals surface area contributed by atoms with E-state index < -0.39 is 29.7 Å². The van der Waals surface area contributed by atoms with Crippen LogP contribution in [0.15, 0.2) is 59.5 Å². The highest BCUT2D eigenvalue weighted by Crippen LogP contribution is 2.39. The Morgan fingerprint density at radius 1 is 0.982 bits per heavy atom. The number of imide groups is 1. The molecule has 55 heavy (non-hydrogen) atoms. The summed E-state index contributed by atoms with van der Waals surface area (Å²) in [5, 5.41) is 11.2. The fourth-order valence-corrected chi connectivity index (χ4v) is 9.04. The maximum absolute atomic E-state index is 13.3. The molecule has 3 aromatic heterocycles. The predicted molar refractivity (Wildman–Crippen MR) is 200 cm³/mol. The normalized spacial score (nSPS) is 21.7. The molecule has 2 aliphatic heterocycles. The average Bonchev–Trinajstić information content (AvgIpc) is 3.70. The molecule has 5 aromatic rings. The molecule has 2 saturated heterocycles. The number of piperidine rings is 2. The highest BCUT2D eigenvalue weighted by Gasteiger charge is 2.34. The van der Waals surface area contributed by atoms with Crippen LogP contribution in [0.4, 0.5) is 18.9 Å². The summed E-state index contributed by atoms with van der Waals surface area (Å²) in [7, 11) is 1.67. The Kier molecular flexibility index (Phi) is 9.78. The summed E-state index contributed by atoms with van der Waals surface area (Å²) < 4.78 is 44.2. The van der Waals surface area contributed by atoms with Crippen LogP contribution in [0.3, 0.4) is 0 Å². The zero-order valence-electron chi connectivity index (χ0n) is 30.1. The molecule has 1 saturated carbocycles. The van der Waals surface area contributed by atoms with Crippen LogP contribution < -0.4 is 16.3 Å². The lowest BCUT2D eigenvalue weighted by Crippen LogP contribution is -2.44. The number of rotatable bonds is 7. The van der Waals surface area contributed by atoms with Gasteiger partial charge >= 0.3 is 11.9 Å². The van der Waals surface area contributed by atoms with Crippen LogP contribution in [0.1, 0.15) is 91.1 Å². The van der Waals surface area contributed by atoms with E-state index in [1.54, 1.807) is 25.2 Å². The summed E-state index contributed by atoms with van der Waals surface area (Å²) >= 11 is 7.02. The van der Waals surface area contributed by atoms with Crippen LogP contribution in [0.25, 0.3) is 21.9 Å². The number of nitrogens with zero attached hydrogens (tertiary/aromatic N) is 6. The number of likely N-dealkylation sites (tertiary alicyclic amines) is 1. The van der Waals surface area contributed by atoms with Crippen molar-refractivity contribution in [1.29, 1.82) is 0 Å². The second-order valence-electron chi connectivity index (χ2n) is 15.0. The van der Waals surface area contributed by atoms with Crippen molar-refractivity contribution in [1.82, 2.24) is 34.1 Å². The molecule has 0 bridgehead atoms.